The normalized spacial score (nSPS) is 21.0. The van der Waals surface area contributed by atoms with Crippen molar-refractivity contribution in [1.29, 1.82) is 0 Å². The summed E-state index contributed by atoms with van der Waals surface area (Å²) in [4.78, 5) is 0. The Morgan fingerprint density at radius 3 is 2.45 bits per heavy atom. The standard InChI is InChI=1S/C6H11ClN2O.ClH/c7-6(9-10)5-1-3-8-4-2-5;/h5,8,10H,1-4H2;1H/b9-6-;. The molecule has 0 amide bonds. The first-order valence-electron chi connectivity index (χ1n) is 3.42. The summed E-state index contributed by atoms with van der Waals surface area (Å²) >= 11 is 5.62. The van der Waals surface area contributed by atoms with Crippen LogP contribution in [0.15, 0.2) is 5.16 Å². The van der Waals surface area contributed by atoms with Crippen LogP contribution in [0.3, 0.4) is 0 Å². The third kappa shape index (κ3) is 3.27. The van der Waals surface area contributed by atoms with E-state index in [4.69, 9.17) is 16.8 Å². The van der Waals surface area contributed by atoms with Gasteiger partial charge in [0.25, 0.3) is 0 Å². The van der Waals surface area contributed by atoms with Crippen LogP contribution in [0.5, 0.6) is 0 Å². The van der Waals surface area contributed by atoms with Gasteiger partial charge in [-0.25, -0.2) is 0 Å². The zero-order valence-corrected chi connectivity index (χ0v) is 7.66. The van der Waals surface area contributed by atoms with E-state index in [1.165, 1.54) is 0 Å². The molecule has 1 aliphatic heterocycles. The molecule has 0 unspecified atom stereocenters. The highest BCUT2D eigenvalue weighted by atomic mass is 35.5. The van der Waals surface area contributed by atoms with Crippen LogP contribution in [0, 0.1) is 5.92 Å². The second-order valence-electron chi connectivity index (χ2n) is 2.45. The maximum atomic E-state index is 8.32. The van der Waals surface area contributed by atoms with E-state index in [1.54, 1.807) is 0 Å². The molecule has 0 spiro atoms. The van der Waals surface area contributed by atoms with Crippen molar-refractivity contribution in [2.45, 2.75) is 12.8 Å². The van der Waals surface area contributed by atoms with Crippen LogP contribution in [0.4, 0.5) is 0 Å². The van der Waals surface area contributed by atoms with Crippen molar-refractivity contribution in [3.8, 4) is 0 Å². The Kier molecular flexibility index (Phi) is 5.64. The largest absolute Gasteiger partial charge is 0.410 e. The Hall–Kier alpha value is 0.01000. The predicted molar refractivity (Wildman–Crippen MR) is 47.9 cm³/mol. The minimum absolute atomic E-state index is 0. The quantitative estimate of drug-likeness (QED) is 0.381. The summed E-state index contributed by atoms with van der Waals surface area (Å²) in [7, 11) is 0. The first-order valence-corrected chi connectivity index (χ1v) is 3.80. The van der Waals surface area contributed by atoms with Crippen molar-refractivity contribution in [3.63, 3.8) is 0 Å². The Morgan fingerprint density at radius 2 is 2.00 bits per heavy atom. The lowest BCUT2D eigenvalue weighted by Gasteiger charge is -2.19. The fourth-order valence-electron chi connectivity index (χ4n) is 1.14. The van der Waals surface area contributed by atoms with Gasteiger partial charge in [0.05, 0.1) is 0 Å². The fourth-order valence-corrected chi connectivity index (χ4v) is 1.36. The van der Waals surface area contributed by atoms with Crippen LogP contribution in [-0.2, 0) is 0 Å². The van der Waals surface area contributed by atoms with E-state index in [0.29, 0.717) is 5.17 Å². The summed E-state index contributed by atoms with van der Waals surface area (Å²) in [6, 6.07) is 0. The topological polar surface area (TPSA) is 44.6 Å². The first kappa shape index (κ1) is 11.0. The van der Waals surface area contributed by atoms with Gasteiger partial charge in [0.1, 0.15) is 5.17 Å². The van der Waals surface area contributed by atoms with Crippen LogP contribution in [0.2, 0.25) is 0 Å². The molecule has 2 N–H and O–H groups in total. The molecule has 0 bridgehead atoms. The predicted octanol–water partition coefficient (Wildman–Crippen LogP) is 1.43. The van der Waals surface area contributed by atoms with Crippen LogP contribution in [0.1, 0.15) is 12.8 Å². The molecule has 0 atom stereocenters. The molecule has 5 heteroatoms. The van der Waals surface area contributed by atoms with E-state index in [0.717, 1.165) is 25.9 Å². The monoisotopic (exact) mass is 198 g/mol. The lowest BCUT2D eigenvalue weighted by Crippen LogP contribution is -2.30. The van der Waals surface area contributed by atoms with E-state index in [1.807, 2.05) is 0 Å². The van der Waals surface area contributed by atoms with Crippen molar-refractivity contribution in [2.24, 2.45) is 11.1 Å². The Morgan fingerprint density at radius 1 is 1.45 bits per heavy atom. The van der Waals surface area contributed by atoms with Crippen molar-refractivity contribution in [1.82, 2.24) is 5.32 Å². The number of nitrogens with zero attached hydrogens (tertiary/aromatic N) is 1. The van der Waals surface area contributed by atoms with E-state index in [9.17, 15) is 0 Å². The first-order chi connectivity index (χ1) is 4.84. The molecule has 1 saturated heterocycles. The molecule has 0 aromatic rings. The molecular weight excluding hydrogens is 187 g/mol. The molecule has 0 aromatic carbocycles. The molecule has 0 radical (unpaired) electrons. The maximum absolute atomic E-state index is 8.32. The van der Waals surface area contributed by atoms with Gasteiger partial charge >= 0.3 is 0 Å². The highest BCUT2D eigenvalue weighted by molar-refractivity contribution is 6.65. The number of rotatable bonds is 1. The van der Waals surface area contributed by atoms with Gasteiger partial charge in [-0.1, -0.05) is 16.8 Å². The summed E-state index contributed by atoms with van der Waals surface area (Å²) in [5.41, 5.74) is 0. The van der Waals surface area contributed by atoms with Gasteiger partial charge < -0.3 is 10.5 Å². The summed E-state index contributed by atoms with van der Waals surface area (Å²) < 4.78 is 0. The van der Waals surface area contributed by atoms with E-state index in [2.05, 4.69) is 10.5 Å². The number of nitrogens with one attached hydrogen (secondary N) is 1. The average molecular weight is 199 g/mol. The van der Waals surface area contributed by atoms with Gasteiger partial charge in [-0.05, 0) is 25.9 Å². The Bertz CT molecular complexity index is 135. The molecule has 11 heavy (non-hydrogen) atoms. The van der Waals surface area contributed by atoms with E-state index >= 15 is 0 Å². The molecule has 0 saturated carbocycles. The second kappa shape index (κ2) is 5.63. The third-order valence-corrected chi connectivity index (χ3v) is 2.16. The number of piperidine rings is 1. The van der Waals surface area contributed by atoms with Crippen LogP contribution >= 0.6 is 24.0 Å². The van der Waals surface area contributed by atoms with E-state index < -0.39 is 0 Å². The lowest BCUT2D eigenvalue weighted by molar-refractivity contribution is 0.313. The Balaban J connectivity index is 0.000001000. The van der Waals surface area contributed by atoms with Gasteiger partial charge in [-0.3, -0.25) is 0 Å². The van der Waals surface area contributed by atoms with Gasteiger partial charge in [-0.15, -0.1) is 12.4 Å². The van der Waals surface area contributed by atoms with Crippen molar-refractivity contribution < 1.29 is 5.21 Å². The van der Waals surface area contributed by atoms with Gasteiger partial charge in [0.15, 0.2) is 0 Å². The zero-order chi connectivity index (χ0) is 7.40. The van der Waals surface area contributed by atoms with Crippen LogP contribution in [0.25, 0.3) is 0 Å². The molecule has 0 aromatic heterocycles. The fraction of sp³-hybridized carbons (Fsp3) is 0.833. The minimum atomic E-state index is 0. The van der Waals surface area contributed by atoms with Crippen molar-refractivity contribution in [2.75, 3.05) is 13.1 Å². The number of hydrogen-bond donors (Lipinski definition) is 2. The molecular formula is C6H12Cl2N2O. The summed E-state index contributed by atoms with van der Waals surface area (Å²) in [6.07, 6.45) is 1.95. The molecule has 1 fully saturated rings. The van der Waals surface area contributed by atoms with Crippen LogP contribution in [-0.4, -0.2) is 23.5 Å². The zero-order valence-electron chi connectivity index (χ0n) is 6.09. The Labute approximate surface area is 77.2 Å². The lowest BCUT2D eigenvalue weighted by atomic mass is 10.00. The molecule has 3 nitrogen and oxygen atoms in total. The average Bonchev–Trinajstić information content (AvgIpc) is 2.05. The molecule has 1 heterocycles. The van der Waals surface area contributed by atoms with Crippen molar-refractivity contribution >= 4 is 29.2 Å². The van der Waals surface area contributed by atoms with E-state index in [-0.39, 0.29) is 18.3 Å². The minimum Gasteiger partial charge on any atom is -0.410 e. The van der Waals surface area contributed by atoms with Crippen molar-refractivity contribution in [3.05, 3.63) is 0 Å². The number of halogens is 2. The maximum Gasteiger partial charge on any atom is 0.148 e. The second-order valence-corrected chi connectivity index (χ2v) is 2.83. The third-order valence-electron chi connectivity index (χ3n) is 1.77. The molecule has 1 aliphatic rings. The highest BCUT2D eigenvalue weighted by Crippen LogP contribution is 2.15. The summed E-state index contributed by atoms with van der Waals surface area (Å²) in [5, 5.41) is 14.8. The smallest absolute Gasteiger partial charge is 0.148 e. The molecule has 0 aliphatic carbocycles. The molecule has 66 valence electrons. The number of hydrogen-bond acceptors (Lipinski definition) is 3. The summed E-state index contributed by atoms with van der Waals surface area (Å²) in [6.45, 7) is 1.94. The van der Waals surface area contributed by atoms with Gasteiger partial charge in [0, 0.05) is 5.92 Å². The van der Waals surface area contributed by atoms with Gasteiger partial charge in [0.2, 0.25) is 0 Å². The number of oxime groups is 1. The summed E-state index contributed by atoms with van der Waals surface area (Å²) in [5.74, 6) is 0.271. The SMILES string of the molecule is Cl.O/N=C(\Cl)C1CCNCC1. The van der Waals surface area contributed by atoms with Crippen LogP contribution < -0.4 is 5.32 Å². The molecule has 1 rings (SSSR count). The van der Waals surface area contributed by atoms with Gasteiger partial charge in [-0.2, -0.15) is 0 Å². The highest BCUT2D eigenvalue weighted by Gasteiger charge is 2.17.